The topological polar surface area (TPSA) is 25.8 Å². The Balaban J connectivity index is 1.74. The van der Waals surface area contributed by atoms with Crippen LogP contribution >= 0.6 is 0 Å². The molecule has 0 saturated carbocycles. The summed E-state index contributed by atoms with van der Waals surface area (Å²) in [6.45, 7) is 2.28. The van der Waals surface area contributed by atoms with Gasteiger partial charge in [-0.3, -0.25) is 9.97 Å². The molecule has 0 radical (unpaired) electrons. The molecule has 0 spiro atoms. The number of hydrogen-bond donors (Lipinski definition) is 0. The molecular formula is C22H32N2. The third kappa shape index (κ3) is 6.82. The summed E-state index contributed by atoms with van der Waals surface area (Å²) < 4.78 is 0. The highest BCUT2D eigenvalue weighted by atomic mass is 14.7. The van der Waals surface area contributed by atoms with Crippen LogP contribution in [0.25, 0.3) is 0 Å². The first kappa shape index (κ1) is 18.6. The number of nitrogens with zero attached hydrogens (tertiary/aromatic N) is 2. The maximum Gasteiger partial charge on any atom is 0.0494 e. The van der Waals surface area contributed by atoms with Gasteiger partial charge in [0.15, 0.2) is 0 Å². The summed E-state index contributed by atoms with van der Waals surface area (Å²) in [5.41, 5.74) is 2.30. The summed E-state index contributed by atoms with van der Waals surface area (Å²) in [5, 5.41) is 0. The monoisotopic (exact) mass is 324 g/mol. The Morgan fingerprint density at radius 3 is 1.62 bits per heavy atom. The molecule has 0 amide bonds. The van der Waals surface area contributed by atoms with Gasteiger partial charge in [0.1, 0.15) is 0 Å². The van der Waals surface area contributed by atoms with Crippen LogP contribution in [0.2, 0.25) is 0 Å². The lowest BCUT2D eigenvalue weighted by molar-refractivity contribution is 0.540. The summed E-state index contributed by atoms with van der Waals surface area (Å²) in [7, 11) is 0. The van der Waals surface area contributed by atoms with Gasteiger partial charge in [-0.2, -0.15) is 0 Å². The van der Waals surface area contributed by atoms with E-state index in [0.717, 1.165) is 17.8 Å². The lowest BCUT2D eigenvalue weighted by Gasteiger charge is -2.16. The Hall–Kier alpha value is -1.70. The maximum absolute atomic E-state index is 4.57. The Morgan fingerprint density at radius 2 is 1.17 bits per heavy atom. The largest absolute Gasteiger partial charge is 0.261 e. The minimum Gasteiger partial charge on any atom is -0.261 e. The quantitative estimate of drug-likeness (QED) is 0.415. The third-order valence-corrected chi connectivity index (χ3v) is 4.69. The van der Waals surface area contributed by atoms with Crippen molar-refractivity contribution in [1.29, 1.82) is 0 Å². The highest BCUT2D eigenvalue weighted by Gasteiger charge is 2.15. The van der Waals surface area contributed by atoms with Crippen LogP contribution in [0.4, 0.5) is 0 Å². The second kappa shape index (κ2) is 11.8. The van der Waals surface area contributed by atoms with Crippen LogP contribution in [0, 0.1) is 0 Å². The molecule has 0 bridgehead atoms. The predicted octanol–water partition coefficient (Wildman–Crippen LogP) is 6.53. The minimum atomic E-state index is 0.331. The summed E-state index contributed by atoms with van der Waals surface area (Å²) in [5.74, 6) is 0.331. The summed E-state index contributed by atoms with van der Waals surface area (Å²) in [6, 6.07) is 12.4. The van der Waals surface area contributed by atoms with E-state index in [2.05, 4.69) is 41.2 Å². The molecule has 24 heavy (non-hydrogen) atoms. The molecule has 0 N–H and O–H groups in total. The summed E-state index contributed by atoms with van der Waals surface area (Å²) in [6.07, 6.45) is 17.2. The van der Waals surface area contributed by atoms with E-state index in [1.165, 1.54) is 57.8 Å². The SMILES string of the molecule is CCCCCCCCCCCC(c1ccccn1)c1ccccn1. The van der Waals surface area contributed by atoms with Gasteiger partial charge in [0.05, 0.1) is 0 Å². The second-order valence-electron chi connectivity index (χ2n) is 6.68. The Morgan fingerprint density at radius 1 is 0.667 bits per heavy atom. The van der Waals surface area contributed by atoms with E-state index in [9.17, 15) is 0 Å². The lowest BCUT2D eigenvalue weighted by Crippen LogP contribution is -2.05. The molecule has 0 unspecified atom stereocenters. The van der Waals surface area contributed by atoms with Crippen molar-refractivity contribution in [3.8, 4) is 0 Å². The fraction of sp³-hybridized carbons (Fsp3) is 0.545. The number of rotatable bonds is 12. The van der Waals surface area contributed by atoms with E-state index >= 15 is 0 Å². The Bertz CT molecular complexity index is 485. The molecule has 0 aromatic carbocycles. The van der Waals surface area contributed by atoms with Crippen LogP contribution in [0.1, 0.15) is 88.4 Å². The van der Waals surface area contributed by atoms with E-state index in [4.69, 9.17) is 0 Å². The summed E-state index contributed by atoms with van der Waals surface area (Å²) in [4.78, 5) is 9.14. The van der Waals surface area contributed by atoms with E-state index in [0.29, 0.717) is 5.92 Å². The fourth-order valence-corrected chi connectivity index (χ4v) is 3.27. The van der Waals surface area contributed by atoms with Crippen molar-refractivity contribution in [3.63, 3.8) is 0 Å². The van der Waals surface area contributed by atoms with Crippen molar-refractivity contribution in [2.75, 3.05) is 0 Å². The first-order valence-electron chi connectivity index (χ1n) is 9.73. The molecule has 0 fully saturated rings. The van der Waals surface area contributed by atoms with Crippen molar-refractivity contribution in [3.05, 3.63) is 60.2 Å². The Labute approximate surface area is 147 Å². The molecule has 2 aromatic rings. The maximum atomic E-state index is 4.57. The van der Waals surface area contributed by atoms with Gasteiger partial charge in [-0.15, -0.1) is 0 Å². The summed E-state index contributed by atoms with van der Waals surface area (Å²) >= 11 is 0. The predicted molar refractivity (Wildman–Crippen MR) is 102 cm³/mol. The molecule has 2 heteroatoms. The van der Waals surface area contributed by atoms with Crippen LogP contribution in [0.15, 0.2) is 48.8 Å². The average Bonchev–Trinajstić information content (AvgIpc) is 2.65. The van der Waals surface area contributed by atoms with Gasteiger partial charge in [0.2, 0.25) is 0 Å². The van der Waals surface area contributed by atoms with Crippen molar-refractivity contribution in [1.82, 2.24) is 9.97 Å². The van der Waals surface area contributed by atoms with Gasteiger partial charge in [-0.05, 0) is 30.7 Å². The third-order valence-electron chi connectivity index (χ3n) is 4.69. The molecule has 2 rings (SSSR count). The number of unbranched alkanes of at least 4 members (excludes halogenated alkanes) is 8. The van der Waals surface area contributed by atoms with Gasteiger partial charge < -0.3 is 0 Å². The molecule has 2 nitrogen and oxygen atoms in total. The number of pyridine rings is 2. The van der Waals surface area contributed by atoms with Crippen LogP contribution < -0.4 is 0 Å². The first-order chi connectivity index (χ1) is 11.9. The molecule has 2 aromatic heterocycles. The smallest absolute Gasteiger partial charge is 0.0494 e. The van der Waals surface area contributed by atoms with Crippen LogP contribution in [-0.2, 0) is 0 Å². The first-order valence-corrected chi connectivity index (χ1v) is 9.73. The molecule has 0 atom stereocenters. The van der Waals surface area contributed by atoms with Crippen LogP contribution in [-0.4, -0.2) is 9.97 Å². The van der Waals surface area contributed by atoms with Gasteiger partial charge >= 0.3 is 0 Å². The van der Waals surface area contributed by atoms with Crippen LogP contribution in [0.5, 0.6) is 0 Å². The van der Waals surface area contributed by atoms with E-state index < -0.39 is 0 Å². The van der Waals surface area contributed by atoms with Gasteiger partial charge in [0, 0.05) is 29.7 Å². The zero-order chi connectivity index (χ0) is 16.9. The Kier molecular flexibility index (Phi) is 9.15. The normalized spacial score (nSPS) is 11.1. The van der Waals surface area contributed by atoms with E-state index in [1.54, 1.807) is 0 Å². The highest BCUT2D eigenvalue weighted by molar-refractivity contribution is 5.22. The van der Waals surface area contributed by atoms with Gasteiger partial charge in [-0.1, -0.05) is 76.8 Å². The molecular weight excluding hydrogens is 292 g/mol. The zero-order valence-corrected chi connectivity index (χ0v) is 15.2. The molecule has 130 valence electrons. The highest BCUT2D eigenvalue weighted by Crippen LogP contribution is 2.27. The standard InChI is InChI=1S/C22H32N2/c1-2-3-4-5-6-7-8-9-10-15-20(21-16-11-13-18-23-21)22-17-12-14-19-24-22/h11-14,16-20H,2-10,15H2,1H3. The molecule has 0 saturated heterocycles. The second-order valence-corrected chi connectivity index (χ2v) is 6.68. The molecule has 2 heterocycles. The molecule has 0 aliphatic heterocycles. The molecule has 0 aliphatic rings. The van der Waals surface area contributed by atoms with Gasteiger partial charge in [-0.25, -0.2) is 0 Å². The van der Waals surface area contributed by atoms with E-state index in [-0.39, 0.29) is 0 Å². The van der Waals surface area contributed by atoms with Crippen molar-refractivity contribution in [2.45, 2.75) is 77.0 Å². The van der Waals surface area contributed by atoms with E-state index in [1.807, 2.05) is 24.5 Å². The fourth-order valence-electron chi connectivity index (χ4n) is 3.27. The zero-order valence-electron chi connectivity index (χ0n) is 15.2. The van der Waals surface area contributed by atoms with Crippen molar-refractivity contribution >= 4 is 0 Å². The minimum absolute atomic E-state index is 0.331. The average molecular weight is 325 g/mol. The molecule has 0 aliphatic carbocycles. The van der Waals surface area contributed by atoms with Crippen molar-refractivity contribution < 1.29 is 0 Å². The van der Waals surface area contributed by atoms with Crippen LogP contribution in [0.3, 0.4) is 0 Å². The number of hydrogen-bond acceptors (Lipinski definition) is 2. The number of aromatic nitrogens is 2. The van der Waals surface area contributed by atoms with Gasteiger partial charge in [0.25, 0.3) is 0 Å². The lowest BCUT2D eigenvalue weighted by atomic mass is 9.93. The van der Waals surface area contributed by atoms with Crippen molar-refractivity contribution in [2.24, 2.45) is 0 Å².